The van der Waals surface area contributed by atoms with Crippen molar-refractivity contribution in [3.05, 3.63) is 35.8 Å². The summed E-state index contributed by atoms with van der Waals surface area (Å²) < 4.78 is 8.63. The second-order valence-electron chi connectivity index (χ2n) is 5.83. The minimum atomic E-state index is 0.311. The summed E-state index contributed by atoms with van der Waals surface area (Å²) in [5.74, 6) is 0.793. The van der Waals surface area contributed by atoms with Crippen molar-refractivity contribution in [1.29, 1.82) is 0 Å². The zero-order valence-corrected chi connectivity index (χ0v) is 15.1. The maximum absolute atomic E-state index is 5.60. The van der Waals surface area contributed by atoms with Crippen LogP contribution in [-0.2, 0) is 10.5 Å². The molecular weight excluding hydrogens is 342 g/mol. The van der Waals surface area contributed by atoms with E-state index in [1.807, 2.05) is 12.3 Å². The zero-order chi connectivity index (χ0) is 16.4. The molecule has 0 spiro atoms. The Morgan fingerprint density at radius 1 is 1.46 bits per heavy atom. The molecule has 3 aromatic rings. The minimum Gasteiger partial charge on any atom is -0.376 e. The number of nitrogens with one attached hydrogen (secondary N) is 1. The highest BCUT2D eigenvalue weighted by Gasteiger charge is 2.16. The minimum absolute atomic E-state index is 0.311. The molecule has 0 saturated carbocycles. The Kier molecular flexibility index (Phi) is 4.68. The largest absolute Gasteiger partial charge is 0.376 e. The maximum Gasteiger partial charge on any atom is 0.206 e. The van der Waals surface area contributed by atoms with E-state index in [0.717, 1.165) is 52.6 Å². The van der Waals surface area contributed by atoms with Gasteiger partial charge in [0.25, 0.3) is 0 Å². The fourth-order valence-corrected chi connectivity index (χ4v) is 4.40. The van der Waals surface area contributed by atoms with E-state index in [1.165, 1.54) is 5.56 Å². The van der Waals surface area contributed by atoms with Crippen LogP contribution in [0.3, 0.4) is 0 Å². The second kappa shape index (κ2) is 7.08. The third-order valence-electron chi connectivity index (χ3n) is 3.98. The maximum atomic E-state index is 5.60. The van der Waals surface area contributed by atoms with E-state index in [2.05, 4.69) is 44.1 Å². The molecule has 24 heavy (non-hydrogen) atoms. The van der Waals surface area contributed by atoms with Gasteiger partial charge in [-0.05, 0) is 31.4 Å². The van der Waals surface area contributed by atoms with Gasteiger partial charge in [0.05, 0.1) is 11.8 Å². The molecular formula is C16H19N5OS2. The van der Waals surface area contributed by atoms with E-state index in [9.17, 15) is 0 Å². The van der Waals surface area contributed by atoms with Crippen LogP contribution in [0.5, 0.6) is 0 Å². The molecule has 0 amide bonds. The van der Waals surface area contributed by atoms with Gasteiger partial charge in [0, 0.05) is 31.3 Å². The van der Waals surface area contributed by atoms with E-state index >= 15 is 0 Å². The first-order valence-corrected chi connectivity index (χ1v) is 9.83. The van der Waals surface area contributed by atoms with Crippen molar-refractivity contribution >= 4 is 33.9 Å². The van der Waals surface area contributed by atoms with Crippen molar-refractivity contribution in [2.24, 2.45) is 0 Å². The van der Waals surface area contributed by atoms with E-state index in [1.54, 1.807) is 23.1 Å². The number of fused-ring (bicyclic) bond motifs is 1. The zero-order valence-electron chi connectivity index (χ0n) is 13.4. The highest BCUT2D eigenvalue weighted by Crippen LogP contribution is 2.28. The summed E-state index contributed by atoms with van der Waals surface area (Å²) in [5.41, 5.74) is 3.26. The highest BCUT2D eigenvalue weighted by molar-refractivity contribution is 8.00. The van der Waals surface area contributed by atoms with Gasteiger partial charge in [-0.25, -0.2) is 4.98 Å². The molecule has 1 aliphatic rings. The number of aromatic nitrogens is 4. The molecule has 0 aromatic carbocycles. The van der Waals surface area contributed by atoms with Crippen molar-refractivity contribution in [3.63, 3.8) is 0 Å². The molecule has 1 N–H and O–H groups in total. The molecule has 4 heterocycles. The van der Waals surface area contributed by atoms with Crippen molar-refractivity contribution < 1.29 is 4.74 Å². The number of imidazole rings is 1. The van der Waals surface area contributed by atoms with Gasteiger partial charge in [-0.3, -0.25) is 0 Å². The van der Waals surface area contributed by atoms with Crippen molar-refractivity contribution in [3.8, 4) is 0 Å². The molecule has 0 radical (unpaired) electrons. The van der Waals surface area contributed by atoms with Crippen LogP contribution in [0, 0.1) is 6.92 Å². The van der Waals surface area contributed by atoms with Crippen molar-refractivity contribution in [2.45, 2.75) is 36.0 Å². The molecule has 6 nitrogen and oxygen atoms in total. The molecule has 8 heteroatoms. The average molecular weight is 361 g/mol. The Morgan fingerprint density at radius 3 is 3.25 bits per heavy atom. The number of rotatable bonds is 6. The lowest BCUT2D eigenvalue weighted by molar-refractivity contribution is 0.120. The van der Waals surface area contributed by atoms with Gasteiger partial charge >= 0.3 is 0 Å². The average Bonchev–Trinajstić information content (AvgIpc) is 3.31. The summed E-state index contributed by atoms with van der Waals surface area (Å²) in [7, 11) is 0. The number of hydrogen-bond donors (Lipinski definition) is 1. The molecule has 1 atom stereocenters. The van der Waals surface area contributed by atoms with Crippen LogP contribution < -0.4 is 5.32 Å². The lowest BCUT2D eigenvalue weighted by atomic mass is 10.2. The first-order valence-electron chi connectivity index (χ1n) is 8.03. The smallest absolute Gasteiger partial charge is 0.206 e. The van der Waals surface area contributed by atoms with Gasteiger partial charge in [0.2, 0.25) is 5.13 Å². The van der Waals surface area contributed by atoms with Gasteiger partial charge in [-0.15, -0.1) is 10.2 Å². The van der Waals surface area contributed by atoms with Crippen LogP contribution in [0.1, 0.15) is 24.1 Å². The Hall–Kier alpha value is -1.64. The van der Waals surface area contributed by atoms with Crippen LogP contribution in [0.4, 0.5) is 5.13 Å². The summed E-state index contributed by atoms with van der Waals surface area (Å²) in [5, 5.41) is 12.6. The SMILES string of the molecule is Cc1cccn2cc(CSc3nnc(NCC4CCCO4)s3)nc12. The quantitative estimate of drug-likeness (QED) is 0.679. The number of ether oxygens (including phenoxy) is 1. The molecule has 0 aliphatic carbocycles. The molecule has 1 aliphatic heterocycles. The monoisotopic (exact) mass is 361 g/mol. The fraction of sp³-hybridized carbons (Fsp3) is 0.438. The lowest BCUT2D eigenvalue weighted by Crippen LogP contribution is -2.18. The molecule has 1 unspecified atom stereocenters. The summed E-state index contributed by atoms with van der Waals surface area (Å²) in [6.07, 6.45) is 6.70. The number of hydrogen-bond acceptors (Lipinski definition) is 7. The van der Waals surface area contributed by atoms with E-state index < -0.39 is 0 Å². The molecule has 1 fully saturated rings. The summed E-state index contributed by atoms with van der Waals surface area (Å²) in [6.45, 7) is 3.77. The fourth-order valence-electron chi connectivity index (χ4n) is 2.76. The van der Waals surface area contributed by atoms with E-state index in [-0.39, 0.29) is 0 Å². The van der Waals surface area contributed by atoms with Crippen LogP contribution in [-0.4, -0.2) is 38.8 Å². The molecule has 1 saturated heterocycles. The topological polar surface area (TPSA) is 64.3 Å². The Labute approximate surface area is 148 Å². The molecule has 0 bridgehead atoms. The van der Waals surface area contributed by atoms with Gasteiger partial charge in [-0.2, -0.15) is 0 Å². The van der Waals surface area contributed by atoms with Crippen molar-refractivity contribution in [2.75, 3.05) is 18.5 Å². The first-order chi connectivity index (χ1) is 11.8. The summed E-state index contributed by atoms with van der Waals surface area (Å²) >= 11 is 3.26. The van der Waals surface area contributed by atoms with Crippen LogP contribution in [0.15, 0.2) is 28.9 Å². The van der Waals surface area contributed by atoms with Crippen LogP contribution in [0.25, 0.3) is 5.65 Å². The van der Waals surface area contributed by atoms with Crippen LogP contribution >= 0.6 is 23.1 Å². The number of aryl methyl sites for hydroxylation is 1. The number of anilines is 1. The first kappa shape index (κ1) is 15.9. The third-order valence-corrected chi connectivity index (χ3v) is 6.03. The molecule has 4 rings (SSSR count). The highest BCUT2D eigenvalue weighted by atomic mass is 32.2. The van der Waals surface area contributed by atoms with E-state index in [4.69, 9.17) is 4.74 Å². The Bertz CT molecular complexity index is 825. The Morgan fingerprint density at radius 2 is 2.42 bits per heavy atom. The number of thioether (sulfide) groups is 1. The second-order valence-corrected chi connectivity index (χ2v) is 8.03. The van der Waals surface area contributed by atoms with E-state index in [0.29, 0.717) is 6.10 Å². The summed E-state index contributed by atoms with van der Waals surface area (Å²) in [6, 6.07) is 4.12. The van der Waals surface area contributed by atoms with Gasteiger partial charge < -0.3 is 14.5 Å². The van der Waals surface area contributed by atoms with Crippen molar-refractivity contribution in [1.82, 2.24) is 19.6 Å². The molecule has 126 valence electrons. The standard InChI is InChI=1S/C16H19N5OS2/c1-11-4-2-6-21-9-12(18-14(11)21)10-23-16-20-19-15(24-16)17-8-13-5-3-7-22-13/h2,4,6,9,13H,3,5,7-8,10H2,1H3,(H,17,19). The predicted octanol–water partition coefficient (Wildman–Crippen LogP) is 3.38. The number of pyridine rings is 1. The number of nitrogens with zero attached hydrogens (tertiary/aromatic N) is 4. The Balaban J connectivity index is 1.34. The van der Waals surface area contributed by atoms with Crippen LogP contribution in [0.2, 0.25) is 0 Å². The predicted molar refractivity (Wildman–Crippen MR) is 96.9 cm³/mol. The third kappa shape index (κ3) is 3.55. The normalized spacial score (nSPS) is 17.6. The van der Waals surface area contributed by atoms with Gasteiger partial charge in [0.15, 0.2) is 4.34 Å². The molecule has 3 aromatic heterocycles. The summed E-state index contributed by atoms with van der Waals surface area (Å²) in [4.78, 5) is 4.69. The van der Waals surface area contributed by atoms with Gasteiger partial charge in [-0.1, -0.05) is 29.2 Å². The lowest BCUT2D eigenvalue weighted by Gasteiger charge is -2.08. The van der Waals surface area contributed by atoms with Gasteiger partial charge in [0.1, 0.15) is 5.65 Å².